The van der Waals surface area contributed by atoms with E-state index in [1.54, 1.807) is 0 Å². The second-order valence-corrected chi connectivity index (χ2v) is 2.22. The van der Waals surface area contributed by atoms with Crippen LogP contribution in [0.15, 0.2) is 11.6 Å². The van der Waals surface area contributed by atoms with E-state index >= 15 is 0 Å². The fourth-order valence-corrected chi connectivity index (χ4v) is 0.503. The van der Waals surface area contributed by atoms with Crippen LogP contribution < -0.4 is 0 Å². The average Bonchev–Trinajstić information content (AvgIpc) is 1.65. The fraction of sp³-hybridized carbons (Fsp3) is 0.714. The standard InChI is InChI=1S/C7H14O/c1-4-7(8)5-6(2)3/h5,7-8H,4H2,1-3H3/t7-/m0/s1. The van der Waals surface area contributed by atoms with Gasteiger partial charge in [0.1, 0.15) is 0 Å². The summed E-state index contributed by atoms with van der Waals surface area (Å²) in [6.07, 6.45) is 2.44. The van der Waals surface area contributed by atoms with E-state index in [0.29, 0.717) is 0 Å². The van der Waals surface area contributed by atoms with Crippen molar-refractivity contribution in [3.05, 3.63) is 11.6 Å². The molecule has 0 rings (SSSR count). The first-order valence-corrected chi connectivity index (χ1v) is 3.00. The van der Waals surface area contributed by atoms with Gasteiger partial charge in [0.15, 0.2) is 0 Å². The summed E-state index contributed by atoms with van der Waals surface area (Å²) in [7, 11) is 0. The topological polar surface area (TPSA) is 20.2 Å². The lowest BCUT2D eigenvalue weighted by Crippen LogP contribution is -1.98. The van der Waals surface area contributed by atoms with Crippen LogP contribution in [-0.4, -0.2) is 11.2 Å². The summed E-state index contributed by atoms with van der Waals surface area (Å²) in [5.74, 6) is 0. The van der Waals surface area contributed by atoms with Crippen LogP contribution >= 0.6 is 0 Å². The Morgan fingerprint density at radius 2 is 2.12 bits per heavy atom. The Morgan fingerprint density at radius 3 is 2.25 bits per heavy atom. The molecule has 1 atom stereocenters. The van der Waals surface area contributed by atoms with E-state index in [0.717, 1.165) is 6.42 Å². The molecule has 0 aromatic heterocycles. The Bertz CT molecular complexity index is 80.4. The van der Waals surface area contributed by atoms with E-state index < -0.39 is 0 Å². The first-order chi connectivity index (χ1) is 3.66. The van der Waals surface area contributed by atoms with Gasteiger partial charge >= 0.3 is 0 Å². The lowest BCUT2D eigenvalue weighted by atomic mass is 10.2. The van der Waals surface area contributed by atoms with Crippen LogP contribution in [0, 0.1) is 0 Å². The molecule has 0 aliphatic carbocycles. The molecule has 0 radical (unpaired) electrons. The highest BCUT2D eigenvalue weighted by Gasteiger charge is 1.91. The lowest BCUT2D eigenvalue weighted by Gasteiger charge is -1.98. The Hall–Kier alpha value is -0.300. The third-order valence-electron chi connectivity index (χ3n) is 0.944. The first-order valence-electron chi connectivity index (χ1n) is 3.00. The molecule has 0 aromatic rings. The lowest BCUT2D eigenvalue weighted by molar-refractivity contribution is 0.218. The number of rotatable bonds is 2. The molecule has 0 aliphatic heterocycles. The second kappa shape index (κ2) is 3.67. The Morgan fingerprint density at radius 1 is 1.62 bits per heavy atom. The largest absolute Gasteiger partial charge is 0.389 e. The van der Waals surface area contributed by atoms with Crippen LogP contribution in [0.25, 0.3) is 0 Å². The molecular formula is C7H14O. The molecule has 0 heterocycles. The molecule has 1 heteroatoms. The summed E-state index contributed by atoms with van der Waals surface area (Å²) in [4.78, 5) is 0. The highest BCUT2D eigenvalue weighted by molar-refractivity contribution is 4.97. The van der Waals surface area contributed by atoms with Crippen molar-refractivity contribution in [3.8, 4) is 0 Å². The van der Waals surface area contributed by atoms with Gasteiger partial charge in [0.05, 0.1) is 6.10 Å². The SMILES string of the molecule is CC[C@H](O)C=C(C)C. The molecule has 48 valence electrons. The van der Waals surface area contributed by atoms with E-state index in [2.05, 4.69) is 0 Å². The predicted octanol–water partition coefficient (Wildman–Crippen LogP) is 1.72. The highest BCUT2D eigenvalue weighted by atomic mass is 16.3. The summed E-state index contributed by atoms with van der Waals surface area (Å²) >= 11 is 0. The van der Waals surface area contributed by atoms with Gasteiger partial charge < -0.3 is 5.11 Å². The summed E-state index contributed by atoms with van der Waals surface area (Å²) in [6.45, 7) is 5.93. The van der Waals surface area contributed by atoms with Crippen molar-refractivity contribution in [2.24, 2.45) is 0 Å². The van der Waals surface area contributed by atoms with Crippen LogP contribution in [0.1, 0.15) is 27.2 Å². The Labute approximate surface area is 51.0 Å². The number of aliphatic hydroxyl groups excluding tert-OH is 1. The molecule has 0 fully saturated rings. The van der Waals surface area contributed by atoms with Gasteiger partial charge in [0.2, 0.25) is 0 Å². The minimum Gasteiger partial charge on any atom is -0.389 e. The van der Waals surface area contributed by atoms with Gasteiger partial charge in [0.25, 0.3) is 0 Å². The van der Waals surface area contributed by atoms with E-state index in [1.807, 2.05) is 26.8 Å². The fourth-order valence-electron chi connectivity index (χ4n) is 0.503. The Balaban J connectivity index is 3.51. The van der Waals surface area contributed by atoms with Crippen molar-refractivity contribution in [1.29, 1.82) is 0 Å². The summed E-state index contributed by atoms with van der Waals surface area (Å²) in [5, 5.41) is 8.95. The summed E-state index contributed by atoms with van der Waals surface area (Å²) in [6, 6.07) is 0. The molecule has 0 aromatic carbocycles. The quantitative estimate of drug-likeness (QED) is 0.542. The van der Waals surface area contributed by atoms with E-state index in [1.165, 1.54) is 5.57 Å². The van der Waals surface area contributed by atoms with Gasteiger partial charge in [-0.2, -0.15) is 0 Å². The van der Waals surface area contributed by atoms with Crippen molar-refractivity contribution in [2.45, 2.75) is 33.3 Å². The molecule has 0 bridgehead atoms. The van der Waals surface area contributed by atoms with Crippen molar-refractivity contribution in [3.63, 3.8) is 0 Å². The zero-order valence-corrected chi connectivity index (χ0v) is 5.81. The zero-order valence-electron chi connectivity index (χ0n) is 5.81. The van der Waals surface area contributed by atoms with Gasteiger partial charge in [-0.3, -0.25) is 0 Å². The van der Waals surface area contributed by atoms with Crippen molar-refractivity contribution >= 4 is 0 Å². The summed E-state index contributed by atoms with van der Waals surface area (Å²) in [5.41, 5.74) is 1.18. The Kier molecular flexibility index (Phi) is 3.53. The van der Waals surface area contributed by atoms with Crippen molar-refractivity contribution in [1.82, 2.24) is 0 Å². The van der Waals surface area contributed by atoms with Gasteiger partial charge in [-0.25, -0.2) is 0 Å². The monoisotopic (exact) mass is 114 g/mol. The van der Waals surface area contributed by atoms with Crippen LogP contribution in [0.3, 0.4) is 0 Å². The minimum absolute atomic E-state index is 0.236. The normalized spacial score (nSPS) is 13.0. The van der Waals surface area contributed by atoms with Crippen molar-refractivity contribution in [2.75, 3.05) is 0 Å². The molecule has 0 amide bonds. The van der Waals surface area contributed by atoms with Gasteiger partial charge in [-0.1, -0.05) is 18.6 Å². The van der Waals surface area contributed by atoms with Crippen LogP contribution in [-0.2, 0) is 0 Å². The van der Waals surface area contributed by atoms with Crippen molar-refractivity contribution < 1.29 is 5.11 Å². The van der Waals surface area contributed by atoms with Crippen LogP contribution in [0.4, 0.5) is 0 Å². The molecule has 0 saturated carbocycles. The number of hydrogen-bond acceptors (Lipinski definition) is 1. The van der Waals surface area contributed by atoms with E-state index in [-0.39, 0.29) is 6.10 Å². The van der Waals surface area contributed by atoms with Crippen LogP contribution in [0.5, 0.6) is 0 Å². The van der Waals surface area contributed by atoms with Gasteiger partial charge in [-0.05, 0) is 20.3 Å². The predicted molar refractivity (Wildman–Crippen MR) is 35.7 cm³/mol. The van der Waals surface area contributed by atoms with E-state index in [9.17, 15) is 0 Å². The zero-order chi connectivity index (χ0) is 6.57. The molecular weight excluding hydrogens is 100 g/mol. The maximum absolute atomic E-state index is 8.95. The number of aliphatic hydroxyl groups is 1. The van der Waals surface area contributed by atoms with Crippen LogP contribution in [0.2, 0.25) is 0 Å². The molecule has 1 nitrogen and oxygen atoms in total. The third kappa shape index (κ3) is 3.88. The maximum atomic E-state index is 8.95. The molecule has 1 N–H and O–H groups in total. The van der Waals surface area contributed by atoms with E-state index in [4.69, 9.17) is 5.11 Å². The minimum atomic E-state index is -0.236. The molecule has 0 spiro atoms. The number of hydrogen-bond donors (Lipinski definition) is 1. The highest BCUT2D eigenvalue weighted by Crippen LogP contribution is 1.96. The summed E-state index contributed by atoms with van der Waals surface area (Å²) < 4.78 is 0. The second-order valence-electron chi connectivity index (χ2n) is 2.22. The molecule has 8 heavy (non-hydrogen) atoms. The van der Waals surface area contributed by atoms with Gasteiger partial charge in [0, 0.05) is 0 Å². The smallest absolute Gasteiger partial charge is 0.0720 e. The molecule has 0 saturated heterocycles. The maximum Gasteiger partial charge on any atom is 0.0720 e. The molecule has 0 unspecified atom stereocenters. The average molecular weight is 114 g/mol. The first kappa shape index (κ1) is 7.70. The molecule has 0 aliphatic rings. The number of allylic oxidation sites excluding steroid dienone is 1. The third-order valence-corrected chi connectivity index (χ3v) is 0.944. The van der Waals surface area contributed by atoms with Gasteiger partial charge in [-0.15, -0.1) is 0 Å².